The molecule has 1 aromatic rings. The normalized spacial score (nSPS) is 10.1. The van der Waals surface area contributed by atoms with Gasteiger partial charge in [-0.1, -0.05) is 23.2 Å². The van der Waals surface area contributed by atoms with Gasteiger partial charge in [0.05, 0.1) is 17.4 Å². The van der Waals surface area contributed by atoms with E-state index in [2.05, 4.69) is 5.43 Å². The van der Waals surface area contributed by atoms with Crippen molar-refractivity contribution in [1.82, 2.24) is 5.43 Å². The number of halogens is 2. The zero-order valence-corrected chi connectivity index (χ0v) is 11.2. The Morgan fingerprint density at radius 2 is 2.24 bits per heavy atom. The molecule has 0 aromatic heterocycles. The number of benzene rings is 1. The Morgan fingerprint density at radius 3 is 2.88 bits per heavy atom. The van der Waals surface area contributed by atoms with Crippen molar-refractivity contribution < 1.29 is 9.53 Å². The van der Waals surface area contributed by atoms with E-state index in [1.807, 2.05) is 0 Å². The molecule has 17 heavy (non-hydrogen) atoms. The standard InChI is InChI=1S/C10H12Cl2N2O2S/c11-7-1-2-9(8(12)5-7)16-3-4-17-6-10(15)14-13/h1-2,5H,3-4,6,13H2,(H,14,15). The molecule has 1 aromatic carbocycles. The number of nitrogens with one attached hydrogen (secondary N) is 1. The lowest BCUT2D eigenvalue weighted by Gasteiger charge is -2.07. The van der Waals surface area contributed by atoms with Crippen LogP contribution in [-0.2, 0) is 4.79 Å². The number of hydrogen-bond acceptors (Lipinski definition) is 4. The quantitative estimate of drug-likeness (QED) is 0.365. The number of amides is 1. The van der Waals surface area contributed by atoms with E-state index in [0.717, 1.165) is 0 Å². The highest BCUT2D eigenvalue weighted by Gasteiger charge is 2.02. The number of hydrazine groups is 1. The summed E-state index contributed by atoms with van der Waals surface area (Å²) in [6.07, 6.45) is 0. The lowest BCUT2D eigenvalue weighted by atomic mass is 10.3. The van der Waals surface area contributed by atoms with Crippen LogP contribution in [0.5, 0.6) is 5.75 Å². The zero-order chi connectivity index (χ0) is 12.7. The van der Waals surface area contributed by atoms with Gasteiger partial charge in [0.1, 0.15) is 5.75 Å². The maximum Gasteiger partial charge on any atom is 0.243 e. The van der Waals surface area contributed by atoms with E-state index < -0.39 is 0 Å². The molecule has 0 atom stereocenters. The SMILES string of the molecule is NNC(=O)CSCCOc1ccc(Cl)cc1Cl. The summed E-state index contributed by atoms with van der Waals surface area (Å²) in [6.45, 7) is 0.462. The lowest BCUT2D eigenvalue weighted by Crippen LogP contribution is -2.31. The van der Waals surface area contributed by atoms with Crippen molar-refractivity contribution >= 4 is 40.9 Å². The first-order valence-electron chi connectivity index (χ1n) is 4.78. The van der Waals surface area contributed by atoms with Gasteiger partial charge in [0.25, 0.3) is 0 Å². The van der Waals surface area contributed by atoms with E-state index in [0.29, 0.717) is 33.9 Å². The van der Waals surface area contributed by atoms with Gasteiger partial charge in [-0.2, -0.15) is 0 Å². The number of thioether (sulfide) groups is 1. The number of hydrogen-bond donors (Lipinski definition) is 2. The fourth-order valence-electron chi connectivity index (χ4n) is 1.01. The van der Waals surface area contributed by atoms with Gasteiger partial charge in [0, 0.05) is 10.8 Å². The van der Waals surface area contributed by atoms with Crippen molar-refractivity contribution in [2.45, 2.75) is 0 Å². The predicted octanol–water partition coefficient (Wildman–Crippen LogP) is 2.10. The van der Waals surface area contributed by atoms with Crippen LogP contribution in [0.1, 0.15) is 0 Å². The predicted molar refractivity (Wildman–Crippen MR) is 71.6 cm³/mol. The highest BCUT2D eigenvalue weighted by atomic mass is 35.5. The average molecular weight is 295 g/mol. The van der Waals surface area contributed by atoms with Crippen LogP contribution in [0.3, 0.4) is 0 Å². The van der Waals surface area contributed by atoms with Gasteiger partial charge in [-0.05, 0) is 18.2 Å². The Morgan fingerprint density at radius 1 is 1.47 bits per heavy atom. The van der Waals surface area contributed by atoms with Crippen molar-refractivity contribution in [3.8, 4) is 5.75 Å². The molecule has 0 unspecified atom stereocenters. The molecule has 7 heteroatoms. The second-order valence-corrected chi connectivity index (χ2v) is 4.99. The van der Waals surface area contributed by atoms with Gasteiger partial charge in [-0.15, -0.1) is 11.8 Å². The summed E-state index contributed by atoms with van der Waals surface area (Å²) in [5.74, 6) is 6.30. The first-order chi connectivity index (χ1) is 8.13. The molecule has 0 aliphatic carbocycles. The minimum atomic E-state index is -0.209. The van der Waals surface area contributed by atoms with Gasteiger partial charge in [-0.3, -0.25) is 10.2 Å². The highest BCUT2D eigenvalue weighted by Crippen LogP contribution is 2.27. The molecule has 1 rings (SSSR count). The van der Waals surface area contributed by atoms with E-state index in [1.54, 1.807) is 18.2 Å². The molecule has 0 heterocycles. The molecule has 0 saturated heterocycles. The average Bonchev–Trinajstić information content (AvgIpc) is 2.30. The van der Waals surface area contributed by atoms with Crippen LogP contribution in [0.2, 0.25) is 10.0 Å². The van der Waals surface area contributed by atoms with Crippen molar-refractivity contribution in [2.75, 3.05) is 18.1 Å². The third kappa shape index (κ3) is 5.50. The van der Waals surface area contributed by atoms with Crippen molar-refractivity contribution in [3.63, 3.8) is 0 Å². The van der Waals surface area contributed by atoms with Gasteiger partial charge >= 0.3 is 0 Å². The second-order valence-electron chi connectivity index (χ2n) is 3.04. The third-order valence-electron chi connectivity index (χ3n) is 1.77. The second kappa shape index (κ2) is 7.66. The topological polar surface area (TPSA) is 64.3 Å². The molecule has 4 nitrogen and oxygen atoms in total. The molecule has 0 radical (unpaired) electrons. The van der Waals surface area contributed by atoms with Gasteiger partial charge in [-0.25, -0.2) is 5.84 Å². The van der Waals surface area contributed by atoms with E-state index >= 15 is 0 Å². The number of rotatable bonds is 6. The van der Waals surface area contributed by atoms with E-state index in [9.17, 15) is 4.79 Å². The van der Waals surface area contributed by atoms with Crippen LogP contribution in [0.4, 0.5) is 0 Å². The molecule has 1 amide bonds. The van der Waals surface area contributed by atoms with Crippen LogP contribution in [0.25, 0.3) is 0 Å². The number of nitrogens with two attached hydrogens (primary N) is 1. The molecule has 0 spiro atoms. The Balaban J connectivity index is 2.24. The Bertz CT molecular complexity index is 391. The molecule has 0 aliphatic rings. The smallest absolute Gasteiger partial charge is 0.243 e. The summed E-state index contributed by atoms with van der Waals surface area (Å²) in [4.78, 5) is 10.8. The van der Waals surface area contributed by atoms with Crippen LogP contribution in [0, 0.1) is 0 Å². The van der Waals surface area contributed by atoms with E-state index in [4.69, 9.17) is 33.8 Å². The number of carbonyl (C=O) groups excluding carboxylic acids is 1. The Kier molecular flexibility index (Phi) is 6.50. The Labute approximate surface area is 114 Å². The summed E-state index contributed by atoms with van der Waals surface area (Å²) in [5.41, 5.74) is 2.05. The van der Waals surface area contributed by atoms with Crippen LogP contribution in [0.15, 0.2) is 18.2 Å². The minimum absolute atomic E-state index is 0.209. The third-order valence-corrected chi connectivity index (χ3v) is 3.23. The van der Waals surface area contributed by atoms with Crippen LogP contribution < -0.4 is 16.0 Å². The fourth-order valence-corrected chi connectivity index (χ4v) is 2.09. The molecule has 3 N–H and O–H groups in total. The summed E-state index contributed by atoms with van der Waals surface area (Å²) in [5, 5.41) is 1.04. The van der Waals surface area contributed by atoms with Crippen molar-refractivity contribution in [2.24, 2.45) is 5.84 Å². The molecule has 94 valence electrons. The van der Waals surface area contributed by atoms with E-state index in [-0.39, 0.29) is 5.91 Å². The van der Waals surface area contributed by atoms with Crippen molar-refractivity contribution in [1.29, 1.82) is 0 Å². The maximum absolute atomic E-state index is 10.8. The molecule has 0 aliphatic heterocycles. The number of ether oxygens (including phenoxy) is 1. The van der Waals surface area contributed by atoms with Gasteiger partial charge < -0.3 is 4.74 Å². The lowest BCUT2D eigenvalue weighted by molar-refractivity contribution is -0.118. The number of carbonyl (C=O) groups is 1. The van der Waals surface area contributed by atoms with Crippen molar-refractivity contribution in [3.05, 3.63) is 28.2 Å². The first kappa shape index (κ1) is 14.4. The van der Waals surface area contributed by atoms with Gasteiger partial charge in [0.15, 0.2) is 0 Å². The molecule has 0 saturated carbocycles. The largest absolute Gasteiger partial charge is 0.491 e. The van der Waals surface area contributed by atoms with Gasteiger partial charge in [0.2, 0.25) is 5.91 Å². The molecule has 0 fully saturated rings. The molecule has 0 bridgehead atoms. The maximum atomic E-state index is 10.8. The molecular formula is C10H12Cl2N2O2S. The summed E-state index contributed by atoms with van der Waals surface area (Å²) in [6, 6.07) is 5.03. The first-order valence-corrected chi connectivity index (χ1v) is 6.69. The molecular weight excluding hydrogens is 283 g/mol. The summed E-state index contributed by atoms with van der Waals surface area (Å²) in [7, 11) is 0. The zero-order valence-electron chi connectivity index (χ0n) is 8.91. The minimum Gasteiger partial charge on any atom is -0.491 e. The van der Waals surface area contributed by atoms with Crippen LogP contribution >= 0.6 is 35.0 Å². The Hall–Kier alpha value is -0.620. The van der Waals surface area contributed by atoms with Crippen LogP contribution in [-0.4, -0.2) is 24.0 Å². The monoisotopic (exact) mass is 294 g/mol. The highest BCUT2D eigenvalue weighted by molar-refractivity contribution is 7.99. The fraction of sp³-hybridized carbons (Fsp3) is 0.300. The van der Waals surface area contributed by atoms with E-state index in [1.165, 1.54) is 11.8 Å². The summed E-state index contributed by atoms with van der Waals surface area (Å²) < 4.78 is 5.43. The summed E-state index contributed by atoms with van der Waals surface area (Å²) >= 11 is 13.1.